The SMILES string of the molecule is N#Cc1c[c-]c(-n2cccn2)cc1.Oc1ccccc1-n1cccn1.[Ir]. The summed E-state index contributed by atoms with van der Waals surface area (Å²) in [5.74, 6) is 0.237. The summed E-state index contributed by atoms with van der Waals surface area (Å²) in [6.07, 6.45) is 6.99. The van der Waals surface area contributed by atoms with Crippen LogP contribution in [0.15, 0.2) is 79.4 Å². The zero-order valence-corrected chi connectivity index (χ0v) is 15.9. The molecule has 0 saturated heterocycles. The van der Waals surface area contributed by atoms with Gasteiger partial charge in [-0.25, -0.2) is 9.94 Å². The number of rotatable bonds is 2. The molecule has 0 unspecified atom stereocenters. The average Bonchev–Trinajstić information content (AvgIpc) is 3.37. The summed E-state index contributed by atoms with van der Waals surface area (Å²) in [5, 5.41) is 26.0. The van der Waals surface area contributed by atoms with Crippen molar-refractivity contribution in [3.05, 3.63) is 91.0 Å². The van der Waals surface area contributed by atoms with E-state index in [0.29, 0.717) is 11.3 Å². The van der Waals surface area contributed by atoms with Crippen molar-refractivity contribution in [2.24, 2.45) is 0 Å². The molecule has 2 heterocycles. The summed E-state index contributed by atoms with van der Waals surface area (Å²) in [6, 6.07) is 20.9. The molecule has 1 N–H and O–H groups in total. The number of nitrogens with zero attached hydrogens (tertiary/aromatic N) is 5. The Hall–Kier alpha value is -3.20. The fourth-order valence-corrected chi connectivity index (χ4v) is 2.11. The predicted octanol–water partition coefficient (Wildman–Crippen LogP) is 3.12. The van der Waals surface area contributed by atoms with Crippen LogP contribution in [0.2, 0.25) is 0 Å². The third-order valence-electron chi connectivity index (χ3n) is 3.31. The molecule has 0 spiro atoms. The Labute approximate surface area is 164 Å². The van der Waals surface area contributed by atoms with E-state index in [2.05, 4.69) is 16.3 Å². The van der Waals surface area contributed by atoms with Crippen molar-refractivity contribution in [1.29, 1.82) is 5.26 Å². The van der Waals surface area contributed by atoms with Crippen molar-refractivity contribution in [1.82, 2.24) is 19.6 Å². The number of para-hydroxylation sites is 2. The van der Waals surface area contributed by atoms with Crippen LogP contribution in [0.4, 0.5) is 0 Å². The molecule has 0 saturated carbocycles. The zero-order valence-electron chi connectivity index (χ0n) is 13.5. The van der Waals surface area contributed by atoms with Crippen LogP contribution < -0.4 is 0 Å². The molecule has 0 fully saturated rings. The van der Waals surface area contributed by atoms with E-state index in [9.17, 15) is 5.11 Å². The maximum Gasteiger partial charge on any atom is 0.141 e. The fourth-order valence-electron chi connectivity index (χ4n) is 2.11. The summed E-state index contributed by atoms with van der Waals surface area (Å²) in [5.41, 5.74) is 2.14. The van der Waals surface area contributed by atoms with Crippen molar-refractivity contribution in [2.75, 3.05) is 0 Å². The van der Waals surface area contributed by atoms with Crippen LogP contribution in [0.1, 0.15) is 5.56 Å². The van der Waals surface area contributed by atoms with E-state index >= 15 is 0 Å². The quantitative estimate of drug-likeness (QED) is 0.412. The molecule has 0 aliphatic carbocycles. The van der Waals surface area contributed by atoms with E-state index < -0.39 is 0 Å². The van der Waals surface area contributed by atoms with Gasteiger partial charge >= 0.3 is 0 Å². The second kappa shape index (κ2) is 9.33. The van der Waals surface area contributed by atoms with Gasteiger partial charge in [0.1, 0.15) is 11.4 Å². The molecule has 7 heteroatoms. The van der Waals surface area contributed by atoms with Crippen molar-refractivity contribution in [2.45, 2.75) is 0 Å². The Morgan fingerprint density at radius 3 is 2.15 bits per heavy atom. The Morgan fingerprint density at radius 1 is 0.923 bits per heavy atom. The van der Waals surface area contributed by atoms with Gasteiger partial charge in [-0.1, -0.05) is 17.7 Å². The Balaban J connectivity index is 0.000000180. The number of hydrogen-bond acceptors (Lipinski definition) is 4. The Bertz CT molecular complexity index is 958. The molecule has 0 bridgehead atoms. The molecule has 1 radical (unpaired) electrons. The van der Waals surface area contributed by atoms with Crippen LogP contribution in [0.3, 0.4) is 0 Å². The summed E-state index contributed by atoms with van der Waals surface area (Å²) in [6.45, 7) is 0. The van der Waals surface area contributed by atoms with Gasteiger partial charge in [0.2, 0.25) is 0 Å². The number of nitriles is 1. The van der Waals surface area contributed by atoms with Crippen molar-refractivity contribution in [3.8, 4) is 23.2 Å². The first kappa shape index (κ1) is 19.1. The molecule has 0 aliphatic heterocycles. The number of phenolic OH excluding ortho intramolecular Hbond substituents is 1. The van der Waals surface area contributed by atoms with Crippen molar-refractivity contribution < 1.29 is 25.2 Å². The zero-order chi connectivity index (χ0) is 17.5. The van der Waals surface area contributed by atoms with Crippen LogP contribution in [-0.4, -0.2) is 24.7 Å². The van der Waals surface area contributed by atoms with E-state index in [4.69, 9.17) is 5.26 Å². The fraction of sp³-hybridized carbons (Fsp3) is 0. The third-order valence-corrected chi connectivity index (χ3v) is 3.31. The van der Waals surface area contributed by atoms with Crippen molar-refractivity contribution >= 4 is 0 Å². The van der Waals surface area contributed by atoms with Gasteiger partial charge in [-0.2, -0.15) is 28.4 Å². The molecule has 26 heavy (non-hydrogen) atoms. The molecule has 4 aromatic rings. The summed E-state index contributed by atoms with van der Waals surface area (Å²) in [7, 11) is 0. The average molecular weight is 521 g/mol. The van der Waals surface area contributed by atoms with Gasteiger partial charge < -0.3 is 5.11 Å². The van der Waals surface area contributed by atoms with E-state index in [0.717, 1.165) is 5.69 Å². The van der Waals surface area contributed by atoms with Crippen LogP contribution in [0.25, 0.3) is 11.4 Å². The minimum absolute atomic E-state index is 0. The minimum atomic E-state index is 0. The van der Waals surface area contributed by atoms with Crippen molar-refractivity contribution in [3.63, 3.8) is 0 Å². The minimum Gasteiger partial charge on any atom is -0.506 e. The molecule has 4 rings (SSSR count). The van der Waals surface area contributed by atoms with E-state index in [1.165, 1.54) is 0 Å². The molecule has 0 aliphatic rings. The monoisotopic (exact) mass is 521 g/mol. The number of hydrogen-bond donors (Lipinski definition) is 1. The second-order valence-electron chi connectivity index (χ2n) is 4.96. The van der Waals surface area contributed by atoms with Crippen LogP contribution >= 0.6 is 0 Å². The number of aromatic hydroxyl groups is 1. The van der Waals surface area contributed by atoms with E-state index in [1.54, 1.807) is 52.2 Å². The topological polar surface area (TPSA) is 79.7 Å². The Kier molecular flexibility index (Phi) is 6.86. The van der Waals surface area contributed by atoms with E-state index in [-0.39, 0.29) is 25.9 Å². The normalized spacial score (nSPS) is 9.35. The Morgan fingerprint density at radius 2 is 1.62 bits per heavy atom. The van der Waals surface area contributed by atoms with Gasteiger partial charge in [-0.3, -0.25) is 4.68 Å². The molecule has 131 valence electrons. The number of phenols is 1. The molecule has 2 aromatic heterocycles. The first-order valence-corrected chi connectivity index (χ1v) is 7.48. The smallest absolute Gasteiger partial charge is 0.141 e. The van der Waals surface area contributed by atoms with E-state index in [1.807, 2.05) is 42.6 Å². The first-order chi connectivity index (χ1) is 12.3. The summed E-state index contributed by atoms with van der Waals surface area (Å²) >= 11 is 0. The molecule has 0 amide bonds. The second-order valence-corrected chi connectivity index (χ2v) is 4.96. The summed E-state index contributed by atoms with van der Waals surface area (Å²) in [4.78, 5) is 0. The molecular weight excluding hydrogens is 506 g/mol. The number of benzene rings is 2. The predicted molar refractivity (Wildman–Crippen MR) is 92.3 cm³/mol. The van der Waals surface area contributed by atoms with Gasteiger partial charge in [0.25, 0.3) is 0 Å². The van der Waals surface area contributed by atoms with Gasteiger partial charge in [0.05, 0.1) is 0 Å². The van der Waals surface area contributed by atoms with Gasteiger partial charge in [-0.15, -0.1) is 6.07 Å². The third kappa shape index (κ3) is 4.67. The molecule has 0 atom stereocenters. The largest absolute Gasteiger partial charge is 0.506 e. The molecular formula is C19H14IrN5O-. The first-order valence-electron chi connectivity index (χ1n) is 7.48. The number of aromatic nitrogens is 4. The van der Waals surface area contributed by atoms with Gasteiger partial charge in [0.15, 0.2) is 0 Å². The molecule has 6 nitrogen and oxygen atoms in total. The van der Waals surface area contributed by atoms with Crippen LogP contribution in [-0.2, 0) is 20.1 Å². The molecule has 2 aromatic carbocycles. The maximum absolute atomic E-state index is 9.42. The van der Waals surface area contributed by atoms with Crippen LogP contribution in [0, 0.1) is 17.4 Å². The van der Waals surface area contributed by atoms with Gasteiger partial charge in [0, 0.05) is 51.0 Å². The standard InChI is InChI=1S/C10H6N3.C9H8N2O.Ir/c11-8-9-2-4-10(5-3-9)13-7-1-6-12-13;12-9-5-2-1-4-8(9)11-7-3-6-10-11;/h1-4,6-7H;1-7,12H;/q-1;;. The maximum atomic E-state index is 9.42. The van der Waals surface area contributed by atoms with Gasteiger partial charge in [-0.05, 0) is 30.0 Å². The summed E-state index contributed by atoms with van der Waals surface area (Å²) < 4.78 is 3.32. The van der Waals surface area contributed by atoms with Crippen LogP contribution in [0.5, 0.6) is 5.75 Å².